The zero-order valence-corrected chi connectivity index (χ0v) is 13.1. The lowest BCUT2D eigenvalue weighted by molar-refractivity contribution is -0.137. The van der Waals surface area contributed by atoms with Gasteiger partial charge in [0.15, 0.2) is 0 Å². The molecular weight excluding hydrogens is 311 g/mol. The van der Waals surface area contributed by atoms with E-state index in [-0.39, 0.29) is 23.6 Å². The first kappa shape index (κ1) is 15.7. The highest BCUT2D eigenvalue weighted by atomic mass is 32.2. The second-order valence-corrected chi connectivity index (χ2v) is 7.14. The topological polar surface area (TPSA) is 20.3 Å². The van der Waals surface area contributed by atoms with Crippen LogP contribution in [0, 0.1) is 0 Å². The van der Waals surface area contributed by atoms with Gasteiger partial charge in [-0.2, -0.15) is 24.9 Å². The molecule has 2 unspecified atom stereocenters. The molecule has 1 amide bonds. The Bertz CT molecular complexity index is 561. The SMILES string of the molecule is CSC1CC2CCC(C1)N2C(=O)c1cccc(C(F)(F)F)c1. The van der Waals surface area contributed by atoms with E-state index in [1.165, 1.54) is 12.1 Å². The lowest BCUT2D eigenvalue weighted by Crippen LogP contribution is -2.47. The number of hydrogen-bond acceptors (Lipinski definition) is 2. The summed E-state index contributed by atoms with van der Waals surface area (Å²) < 4.78 is 38.4. The van der Waals surface area contributed by atoms with Crippen molar-refractivity contribution in [2.24, 2.45) is 0 Å². The van der Waals surface area contributed by atoms with E-state index in [1.54, 1.807) is 0 Å². The first-order valence-electron chi connectivity index (χ1n) is 7.43. The minimum absolute atomic E-state index is 0.148. The molecule has 22 heavy (non-hydrogen) atoms. The van der Waals surface area contributed by atoms with Gasteiger partial charge in [0.05, 0.1) is 5.56 Å². The van der Waals surface area contributed by atoms with Crippen molar-refractivity contribution in [2.75, 3.05) is 6.26 Å². The molecule has 120 valence electrons. The minimum Gasteiger partial charge on any atom is -0.333 e. The number of benzene rings is 1. The van der Waals surface area contributed by atoms with E-state index in [1.807, 2.05) is 16.7 Å². The van der Waals surface area contributed by atoms with Crippen LogP contribution in [0.15, 0.2) is 24.3 Å². The zero-order valence-electron chi connectivity index (χ0n) is 12.3. The van der Waals surface area contributed by atoms with Gasteiger partial charge in [0.25, 0.3) is 5.91 Å². The van der Waals surface area contributed by atoms with Crippen LogP contribution in [0.4, 0.5) is 13.2 Å². The van der Waals surface area contributed by atoms with E-state index in [0.29, 0.717) is 5.25 Å². The molecule has 0 spiro atoms. The summed E-state index contributed by atoms with van der Waals surface area (Å²) in [6.07, 6.45) is 1.49. The number of fused-ring (bicyclic) bond motifs is 2. The Morgan fingerprint density at radius 3 is 2.41 bits per heavy atom. The summed E-state index contributed by atoms with van der Waals surface area (Å²) >= 11 is 1.82. The molecule has 2 saturated heterocycles. The number of hydrogen-bond donors (Lipinski definition) is 0. The van der Waals surface area contributed by atoms with Gasteiger partial charge in [-0.05, 0) is 50.1 Å². The summed E-state index contributed by atoms with van der Waals surface area (Å²) in [5.74, 6) is -0.252. The van der Waals surface area contributed by atoms with Gasteiger partial charge < -0.3 is 4.90 Å². The third kappa shape index (κ3) is 2.85. The number of piperidine rings is 1. The van der Waals surface area contributed by atoms with Crippen molar-refractivity contribution in [3.05, 3.63) is 35.4 Å². The number of nitrogens with zero attached hydrogens (tertiary/aromatic N) is 1. The number of amides is 1. The minimum atomic E-state index is -4.42. The number of thioether (sulfide) groups is 1. The van der Waals surface area contributed by atoms with Crippen LogP contribution < -0.4 is 0 Å². The van der Waals surface area contributed by atoms with Gasteiger partial charge in [0.2, 0.25) is 0 Å². The molecule has 3 rings (SSSR count). The normalized spacial score (nSPS) is 28.0. The van der Waals surface area contributed by atoms with Gasteiger partial charge in [-0.3, -0.25) is 4.79 Å². The molecule has 2 bridgehead atoms. The Morgan fingerprint density at radius 1 is 1.23 bits per heavy atom. The van der Waals surface area contributed by atoms with Crippen LogP contribution in [-0.2, 0) is 6.18 Å². The Hall–Kier alpha value is -1.17. The van der Waals surface area contributed by atoms with Crippen LogP contribution in [0.1, 0.15) is 41.6 Å². The standard InChI is InChI=1S/C16H18F3NOS/c1-22-14-8-12-5-6-13(9-14)20(12)15(21)10-3-2-4-11(7-10)16(17,18)19/h2-4,7,12-14H,5-6,8-9H2,1H3. The van der Waals surface area contributed by atoms with Gasteiger partial charge in [0, 0.05) is 22.9 Å². The zero-order chi connectivity index (χ0) is 15.9. The molecule has 0 aliphatic carbocycles. The molecule has 2 fully saturated rings. The lowest BCUT2D eigenvalue weighted by atomic mass is 10.00. The van der Waals surface area contributed by atoms with Crippen LogP contribution in [-0.4, -0.2) is 34.4 Å². The highest BCUT2D eigenvalue weighted by Gasteiger charge is 2.43. The smallest absolute Gasteiger partial charge is 0.333 e. The van der Waals surface area contributed by atoms with Gasteiger partial charge in [-0.15, -0.1) is 0 Å². The van der Waals surface area contributed by atoms with E-state index in [0.717, 1.165) is 37.8 Å². The summed E-state index contributed by atoms with van der Waals surface area (Å²) in [7, 11) is 0. The van der Waals surface area contributed by atoms with Crippen LogP contribution >= 0.6 is 11.8 Å². The fourth-order valence-corrected chi connectivity index (χ4v) is 4.46. The molecular formula is C16H18F3NOS. The quantitative estimate of drug-likeness (QED) is 0.810. The van der Waals surface area contributed by atoms with E-state index >= 15 is 0 Å². The second kappa shape index (κ2) is 5.80. The number of alkyl halides is 3. The highest BCUT2D eigenvalue weighted by Crippen LogP contribution is 2.40. The number of carbonyl (C=O) groups excluding carboxylic acids is 1. The van der Waals surface area contributed by atoms with Crippen molar-refractivity contribution in [3.8, 4) is 0 Å². The monoisotopic (exact) mass is 329 g/mol. The maximum absolute atomic E-state index is 12.8. The number of halogens is 3. The molecule has 6 heteroatoms. The Balaban J connectivity index is 1.83. The fourth-order valence-electron chi connectivity index (χ4n) is 3.63. The fraction of sp³-hybridized carbons (Fsp3) is 0.562. The second-order valence-electron chi connectivity index (χ2n) is 6.01. The summed E-state index contributed by atoms with van der Waals surface area (Å²) in [5, 5.41) is 0.558. The summed E-state index contributed by atoms with van der Waals surface area (Å²) in [6, 6.07) is 5.13. The Kier molecular flexibility index (Phi) is 4.14. The number of carbonyl (C=O) groups is 1. The third-order valence-electron chi connectivity index (χ3n) is 4.69. The van der Waals surface area contributed by atoms with Crippen molar-refractivity contribution < 1.29 is 18.0 Å². The molecule has 2 atom stereocenters. The van der Waals surface area contributed by atoms with Crippen molar-refractivity contribution in [1.29, 1.82) is 0 Å². The largest absolute Gasteiger partial charge is 0.416 e. The molecule has 0 radical (unpaired) electrons. The average molecular weight is 329 g/mol. The number of rotatable bonds is 2. The van der Waals surface area contributed by atoms with Gasteiger partial charge >= 0.3 is 6.18 Å². The third-order valence-corrected chi connectivity index (χ3v) is 5.75. The van der Waals surface area contributed by atoms with Crippen LogP contribution in [0.5, 0.6) is 0 Å². The van der Waals surface area contributed by atoms with E-state index < -0.39 is 11.7 Å². The van der Waals surface area contributed by atoms with Gasteiger partial charge in [-0.25, -0.2) is 0 Å². The first-order chi connectivity index (χ1) is 10.4. The molecule has 0 aromatic heterocycles. The van der Waals surface area contributed by atoms with Gasteiger partial charge in [0.1, 0.15) is 0 Å². The average Bonchev–Trinajstić information content (AvgIpc) is 2.75. The maximum Gasteiger partial charge on any atom is 0.416 e. The molecule has 1 aromatic carbocycles. The van der Waals surface area contributed by atoms with E-state index in [2.05, 4.69) is 6.26 Å². The summed E-state index contributed by atoms with van der Waals surface area (Å²) in [4.78, 5) is 14.5. The van der Waals surface area contributed by atoms with E-state index in [9.17, 15) is 18.0 Å². The van der Waals surface area contributed by atoms with Crippen molar-refractivity contribution >= 4 is 17.7 Å². The van der Waals surface area contributed by atoms with Crippen LogP contribution in [0.25, 0.3) is 0 Å². The summed E-state index contributed by atoms with van der Waals surface area (Å²) in [6.45, 7) is 0. The van der Waals surface area contributed by atoms with Crippen molar-refractivity contribution in [3.63, 3.8) is 0 Å². The van der Waals surface area contributed by atoms with Crippen LogP contribution in [0.2, 0.25) is 0 Å². The highest BCUT2D eigenvalue weighted by molar-refractivity contribution is 7.99. The van der Waals surface area contributed by atoms with Gasteiger partial charge in [-0.1, -0.05) is 6.07 Å². The Labute approximate surface area is 132 Å². The van der Waals surface area contributed by atoms with E-state index in [4.69, 9.17) is 0 Å². The molecule has 2 aliphatic heterocycles. The van der Waals surface area contributed by atoms with Crippen LogP contribution in [0.3, 0.4) is 0 Å². The van der Waals surface area contributed by atoms with Crippen molar-refractivity contribution in [1.82, 2.24) is 4.90 Å². The predicted octanol–water partition coefficient (Wildman–Crippen LogP) is 4.20. The lowest BCUT2D eigenvalue weighted by Gasteiger charge is -2.38. The predicted molar refractivity (Wildman–Crippen MR) is 81.0 cm³/mol. The molecule has 2 nitrogen and oxygen atoms in total. The maximum atomic E-state index is 12.8. The summed E-state index contributed by atoms with van der Waals surface area (Å²) in [5.41, 5.74) is -0.612. The molecule has 0 saturated carbocycles. The first-order valence-corrected chi connectivity index (χ1v) is 8.71. The molecule has 2 heterocycles. The molecule has 2 aliphatic rings. The molecule has 0 N–H and O–H groups in total. The van der Waals surface area contributed by atoms with Crippen molar-refractivity contribution in [2.45, 2.75) is 49.2 Å². The molecule has 1 aromatic rings. The Morgan fingerprint density at radius 2 is 1.86 bits per heavy atom.